The summed E-state index contributed by atoms with van der Waals surface area (Å²) in [5.74, 6) is 0.162. The quantitative estimate of drug-likeness (QED) is 0.728. The fraction of sp³-hybridized carbons (Fsp3) is 0.409. The molecule has 0 atom stereocenters. The summed E-state index contributed by atoms with van der Waals surface area (Å²) in [7, 11) is 1.74. The molecule has 2 aromatic rings. The molecule has 0 spiro atoms. The van der Waals surface area contributed by atoms with E-state index in [4.69, 9.17) is 4.74 Å². The number of nitrogens with zero attached hydrogens (tertiary/aromatic N) is 2. The van der Waals surface area contributed by atoms with Crippen molar-refractivity contribution in [2.75, 3.05) is 33.4 Å². The number of hydrogen-bond donors (Lipinski definition) is 0. The lowest BCUT2D eigenvalue weighted by atomic mass is 10.1. The lowest BCUT2D eigenvalue weighted by molar-refractivity contribution is 0.0793. The second-order valence-corrected chi connectivity index (χ2v) is 6.89. The molecule has 1 saturated heterocycles. The molecule has 3 rings (SSSR count). The molecule has 1 amide bonds. The largest absolute Gasteiger partial charge is 0.383 e. The van der Waals surface area contributed by atoms with Crippen LogP contribution in [0.4, 0.5) is 0 Å². The van der Waals surface area contributed by atoms with E-state index in [0.29, 0.717) is 6.61 Å². The zero-order valence-corrected chi connectivity index (χ0v) is 15.6. The maximum atomic E-state index is 12.5. The standard InChI is InChI=1S/C22H28N2O2/c1-26-16-15-23(17-19-7-3-2-4-8-19)18-20-9-11-21(12-10-20)22(25)24-13-5-6-14-24/h2-4,7-12H,5-6,13-18H2,1H3. The van der Waals surface area contributed by atoms with Crippen LogP contribution in [0.3, 0.4) is 0 Å². The van der Waals surface area contributed by atoms with Crippen LogP contribution in [0.25, 0.3) is 0 Å². The van der Waals surface area contributed by atoms with Gasteiger partial charge in [0.05, 0.1) is 6.61 Å². The smallest absolute Gasteiger partial charge is 0.253 e. The second-order valence-electron chi connectivity index (χ2n) is 6.89. The molecule has 1 aliphatic rings. The van der Waals surface area contributed by atoms with Crippen molar-refractivity contribution in [3.63, 3.8) is 0 Å². The van der Waals surface area contributed by atoms with Crippen LogP contribution in [0, 0.1) is 0 Å². The Labute approximate surface area is 156 Å². The van der Waals surface area contributed by atoms with Crippen molar-refractivity contribution in [2.24, 2.45) is 0 Å². The first-order valence-electron chi connectivity index (χ1n) is 9.39. The number of likely N-dealkylation sites (tertiary alicyclic amines) is 1. The first-order chi connectivity index (χ1) is 12.8. The zero-order valence-electron chi connectivity index (χ0n) is 15.6. The SMILES string of the molecule is COCCN(Cc1ccccc1)Cc1ccc(C(=O)N2CCCC2)cc1. The second kappa shape index (κ2) is 9.51. The number of carbonyl (C=O) groups excluding carboxylic acids is 1. The first kappa shape index (κ1) is 18.6. The molecule has 0 N–H and O–H groups in total. The van der Waals surface area contributed by atoms with E-state index in [-0.39, 0.29) is 5.91 Å². The van der Waals surface area contributed by atoms with Crippen LogP contribution in [0.5, 0.6) is 0 Å². The van der Waals surface area contributed by atoms with Gasteiger partial charge in [-0.25, -0.2) is 0 Å². The summed E-state index contributed by atoms with van der Waals surface area (Å²) in [6.45, 7) is 5.10. The summed E-state index contributed by atoms with van der Waals surface area (Å²) in [4.78, 5) is 16.8. The Morgan fingerprint density at radius 2 is 1.58 bits per heavy atom. The van der Waals surface area contributed by atoms with Gasteiger partial charge in [-0.1, -0.05) is 42.5 Å². The zero-order chi connectivity index (χ0) is 18.2. The van der Waals surface area contributed by atoms with Crippen molar-refractivity contribution in [1.29, 1.82) is 0 Å². The Hall–Kier alpha value is -2.17. The number of amides is 1. The summed E-state index contributed by atoms with van der Waals surface area (Å²) in [5, 5.41) is 0. The highest BCUT2D eigenvalue weighted by atomic mass is 16.5. The summed E-state index contributed by atoms with van der Waals surface area (Å²) < 4.78 is 5.26. The third-order valence-electron chi connectivity index (χ3n) is 4.86. The minimum absolute atomic E-state index is 0.162. The van der Waals surface area contributed by atoms with E-state index >= 15 is 0 Å². The molecular formula is C22H28N2O2. The van der Waals surface area contributed by atoms with Crippen molar-refractivity contribution in [1.82, 2.24) is 9.80 Å². The third kappa shape index (κ3) is 5.16. The van der Waals surface area contributed by atoms with E-state index in [1.54, 1.807) is 7.11 Å². The summed E-state index contributed by atoms with van der Waals surface area (Å²) in [6, 6.07) is 18.6. The topological polar surface area (TPSA) is 32.8 Å². The van der Waals surface area contributed by atoms with Crippen LogP contribution < -0.4 is 0 Å². The molecule has 2 aromatic carbocycles. The summed E-state index contributed by atoms with van der Waals surface area (Å²) >= 11 is 0. The Balaban J connectivity index is 1.63. The van der Waals surface area contributed by atoms with Gasteiger partial charge in [-0.3, -0.25) is 9.69 Å². The van der Waals surface area contributed by atoms with Gasteiger partial charge < -0.3 is 9.64 Å². The molecule has 1 heterocycles. The van der Waals surface area contributed by atoms with E-state index in [0.717, 1.165) is 51.1 Å². The highest BCUT2D eigenvalue weighted by molar-refractivity contribution is 5.94. The lowest BCUT2D eigenvalue weighted by Crippen LogP contribution is -2.28. The number of methoxy groups -OCH3 is 1. The van der Waals surface area contributed by atoms with Crippen molar-refractivity contribution >= 4 is 5.91 Å². The van der Waals surface area contributed by atoms with Gasteiger partial charge in [-0.15, -0.1) is 0 Å². The van der Waals surface area contributed by atoms with Crippen LogP contribution >= 0.6 is 0 Å². The lowest BCUT2D eigenvalue weighted by Gasteiger charge is -2.22. The van der Waals surface area contributed by atoms with Crippen molar-refractivity contribution in [3.8, 4) is 0 Å². The van der Waals surface area contributed by atoms with Crippen LogP contribution in [-0.2, 0) is 17.8 Å². The van der Waals surface area contributed by atoms with Gasteiger partial charge in [0.1, 0.15) is 0 Å². The molecule has 0 bridgehead atoms. The molecule has 1 aliphatic heterocycles. The number of rotatable bonds is 8. The Kier molecular flexibility index (Phi) is 6.81. The van der Waals surface area contributed by atoms with Gasteiger partial charge in [-0.05, 0) is 36.1 Å². The van der Waals surface area contributed by atoms with Gasteiger partial charge in [-0.2, -0.15) is 0 Å². The van der Waals surface area contributed by atoms with Crippen molar-refractivity contribution in [2.45, 2.75) is 25.9 Å². The van der Waals surface area contributed by atoms with Crippen LogP contribution in [0.15, 0.2) is 54.6 Å². The van der Waals surface area contributed by atoms with Crippen molar-refractivity contribution in [3.05, 3.63) is 71.3 Å². The fourth-order valence-corrected chi connectivity index (χ4v) is 3.39. The van der Waals surface area contributed by atoms with Gasteiger partial charge in [0.25, 0.3) is 5.91 Å². The Morgan fingerprint density at radius 3 is 2.19 bits per heavy atom. The van der Waals surface area contributed by atoms with Gasteiger partial charge >= 0.3 is 0 Å². The predicted octanol–water partition coefficient (Wildman–Crippen LogP) is 3.57. The molecule has 138 valence electrons. The number of carbonyl (C=O) groups is 1. The van der Waals surface area contributed by atoms with E-state index in [2.05, 4.69) is 41.3 Å². The molecule has 0 saturated carbocycles. The van der Waals surface area contributed by atoms with Crippen LogP contribution in [0.2, 0.25) is 0 Å². The minimum atomic E-state index is 0.162. The number of ether oxygens (including phenoxy) is 1. The molecule has 4 heteroatoms. The summed E-state index contributed by atoms with van der Waals surface area (Å²) in [5.41, 5.74) is 3.31. The van der Waals surface area contributed by atoms with Crippen LogP contribution in [0.1, 0.15) is 34.3 Å². The molecular weight excluding hydrogens is 324 g/mol. The van der Waals surface area contributed by atoms with Gasteiger partial charge in [0.15, 0.2) is 0 Å². The highest BCUT2D eigenvalue weighted by Gasteiger charge is 2.19. The number of hydrogen-bond acceptors (Lipinski definition) is 3. The van der Waals surface area contributed by atoms with E-state index < -0.39 is 0 Å². The van der Waals surface area contributed by atoms with E-state index in [9.17, 15) is 4.79 Å². The molecule has 0 radical (unpaired) electrons. The Morgan fingerprint density at radius 1 is 0.962 bits per heavy atom. The predicted molar refractivity (Wildman–Crippen MR) is 104 cm³/mol. The van der Waals surface area contributed by atoms with Gasteiger partial charge in [0, 0.05) is 45.4 Å². The maximum absolute atomic E-state index is 12.5. The maximum Gasteiger partial charge on any atom is 0.253 e. The monoisotopic (exact) mass is 352 g/mol. The van der Waals surface area contributed by atoms with Gasteiger partial charge in [0.2, 0.25) is 0 Å². The average molecular weight is 352 g/mol. The Bertz CT molecular complexity index is 679. The average Bonchev–Trinajstić information content (AvgIpc) is 3.22. The number of benzene rings is 2. The normalized spacial score (nSPS) is 14.2. The van der Waals surface area contributed by atoms with Crippen LogP contribution in [-0.4, -0.2) is 49.1 Å². The highest BCUT2D eigenvalue weighted by Crippen LogP contribution is 2.15. The molecule has 4 nitrogen and oxygen atoms in total. The fourth-order valence-electron chi connectivity index (χ4n) is 3.39. The first-order valence-corrected chi connectivity index (χ1v) is 9.39. The molecule has 0 unspecified atom stereocenters. The molecule has 1 fully saturated rings. The van der Waals surface area contributed by atoms with E-state index in [1.165, 1.54) is 11.1 Å². The molecule has 26 heavy (non-hydrogen) atoms. The molecule has 0 aliphatic carbocycles. The minimum Gasteiger partial charge on any atom is -0.383 e. The summed E-state index contributed by atoms with van der Waals surface area (Å²) in [6.07, 6.45) is 2.25. The third-order valence-corrected chi connectivity index (χ3v) is 4.86. The molecule has 0 aromatic heterocycles. The van der Waals surface area contributed by atoms with E-state index in [1.807, 2.05) is 23.1 Å². The van der Waals surface area contributed by atoms with Crippen molar-refractivity contribution < 1.29 is 9.53 Å².